The average Bonchev–Trinajstić information content (AvgIpc) is 3.07. The molecule has 0 atom stereocenters. The van der Waals surface area contributed by atoms with Crippen LogP contribution in [-0.4, -0.2) is 14.5 Å². The Morgan fingerprint density at radius 1 is 1.26 bits per heavy atom. The summed E-state index contributed by atoms with van der Waals surface area (Å²) in [5.74, 6) is 1.11. The lowest BCUT2D eigenvalue weighted by molar-refractivity contribution is 0.411. The highest BCUT2D eigenvalue weighted by molar-refractivity contribution is 7.11. The Labute approximate surface area is 113 Å². The number of nitrogens with zero attached hydrogens (tertiary/aromatic N) is 3. The summed E-state index contributed by atoms with van der Waals surface area (Å²) < 4.78 is 8.87. The predicted octanol–water partition coefficient (Wildman–Crippen LogP) is 2.39. The van der Waals surface area contributed by atoms with Gasteiger partial charge in [-0.05, 0) is 17.1 Å². The summed E-state index contributed by atoms with van der Waals surface area (Å²) in [6, 6.07) is 9.90. The van der Waals surface area contributed by atoms with Crippen LogP contribution >= 0.6 is 11.5 Å². The number of anilines is 2. The van der Waals surface area contributed by atoms with E-state index in [9.17, 15) is 0 Å². The summed E-state index contributed by atoms with van der Waals surface area (Å²) in [6.07, 6.45) is 1.30. The van der Waals surface area contributed by atoms with Crippen molar-refractivity contribution < 1.29 is 4.52 Å². The molecule has 1 aromatic carbocycles. The largest absolute Gasteiger partial charge is 0.382 e. The molecule has 0 radical (unpaired) electrons. The molecule has 0 amide bonds. The maximum atomic E-state index is 5.93. The quantitative estimate of drug-likeness (QED) is 0.758. The number of nitrogen functional groups attached to an aromatic ring is 1. The minimum absolute atomic E-state index is 0.470. The molecule has 0 aliphatic carbocycles. The summed E-state index contributed by atoms with van der Waals surface area (Å²) >= 11 is 1.32. The van der Waals surface area contributed by atoms with Crippen molar-refractivity contribution in [3.63, 3.8) is 0 Å². The Balaban J connectivity index is 1.87. The van der Waals surface area contributed by atoms with Crippen LogP contribution < -0.4 is 11.1 Å². The van der Waals surface area contributed by atoms with Gasteiger partial charge in [-0.3, -0.25) is 0 Å². The molecule has 0 aliphatic rings. The van der Waals surface area contributed by atoms with Crippen LogP contribution in [0.1, 0.15) is 5.82 Å². The van der Waals surface area contributed by atoms with Crippen molar-refractivity contribution in [2.45, 2.75) is 6.54 Å². The first-order chi connectivity index (χ1) is 9.34. The average molecular weight is 273 g/mol. The molecular formula is C12H11N5OS. The van der Waals surface area contributed by atoms with E-state index >= 15 is 0 Å². The van der Waals surface area contributed by atoms with Crippen LogP contribution in [0.5, 0.6) is 0 Å². The Morgan fingerprint density at radius 3 is 2.84 bits per heavy atom. The fourth-order valence-corrected chi connectivity index (χ4v) is 2.47. The second kappa shape index (κ2) is 5.07. The molecule has 2 aromatic heterocycles. The minimum atomic E-state index is 0.470. The van der Waals surface area contributed by atoms with Crippen LogP contribution in [0, 0.1) is 0 Å². The van der Waals surface area contributed by atoms with E-state index in [2.05, 4.69) is 24.4 Å². The zero-order chi connectivity index (χ0) is 13.1. The van der Waals surface area contributed by atoms with Gasteiger partial charge >= 0.3 is 0 Å². The van der Waals surface area contributed by atoms with Crippen molar-refractivity contribution in [1.29, 1.82) is 0 Å². The van der Waals surface area contributed by atoms with E-state index < -0.39 is 0 Å². The third kappa shape index (κ3) is 2.41. The van der Waals surface area contributed by atoms with Crippen LogP contribution in [0.2, 0.25) is 0 Å². The Kier molecular flexibility index (Phi) is 3.11. The molecule has 6 nitrogen and oxygen atoms in total. The molecule has 3 aromatic rings. The normalized spacial score (nSPS) is 10.5. The van der Waals surface area contributed by atoms with Gasteiger partial charge < -0.3 is 15.6 Å². The Bertz CT molecular complexity index is 650. The van der Waals surface area contributed by atoms with Gasteiger partial charge in [0.15, 0.2) is 5.82 Å². The molecule has 2 heterocycles. The van der Waals surface area contributed by atoms with Crippen molar-refractivity contribution in [2.75, 3.05) is 11.1 Å². The lowest BCUT2D eigenvalue weighted by Gasteiger charge is -2.05. The van der Waals surface area contributed by atoms with Crippen molar-refractivity contribution >= 4 is 22.4 Å². The van der Waals surface area contributed by atoms with Crippen molar-refractivity contribution in [3.8, 4) is 11.1 Å². The van der Waals surface area contributed by atoms with Gasteiger partial charge in [0.25, 0.3) is 0 Å². The van der Waals surface area contributed by atoms with E-state index in [1.807, 2.05) is 30.3 Å². The van der Waals surface area contributed by atoms with E-state index in [-0.39, 0.29) is 0 Å². The lowest BCUT2D eigenvalue weighted by atomic mass is 10.1. The summed E-state index contributed by atoms with van der Waals surface area (Å²) in [7, 11) is 0. The maximum Gasteiger partial charge on any atom is 0.213 e. The minimum Gasteiger partial charge on any atom is -0.382 e. The summed E-state index contributed by atoms with van der Waals surface area (Å²) in [5, 5.41) is 7.87. The summed E-state index contributed by atoms with van der Waals surface area (Å²) in [6.45, 7) is 0.470. The van der Waals surface area contributed by atoms with Crippen molar-refractivity contribution in [3.05, 3.63) is 42.5 Å². The van der Waals surface area contributed by atoms with Gasteiger partial charge in [-0.1, -0.05) is 35.5 Å². The Hall–Kier alpha value is -2.41. The molecule has 19 heavy (non-hydrogen) atoms. The molecule has 0 aliphatic heterocycles. The van der Waals surface area contributed by atoms with E-state index in [1.54, 1.807) is 0 Å². The number of rotatable bonds is 4. The molecule has 7 heteroatoms. The molecule has 3 rings (SSSR count). The Morgan fingerprint density at radius 2 is 2.11 bits per heavy atom. The van der Waals surface area contributed by atoms with Gasteiger partial charge in [0.05, 0.1) is 12.1 Å². The molecule has 0 fully saturated rings. The van der Waals surface area contributed by atoms with E-state index in [4.69, 9.17) is 5.73 Å². The zero-order valence-electron chi connectivity index (χ0n) is 9.91. The number of hydrogen-bond acceptors (Lipinski definition) is 7. The van der Waals surface area contributed by atoms with Gasteiger partial charge in [-0.2, -0.15) is 9.36 Å². The first kappa shape index (κ1) is 11.7. The van der Waals surface area contributed by atoms with Gasteiger partial charge in [-0.25, -0.2) is 0 Å². The molecule has 96 valence electrons. The van der Waals surface area contributed by atoms with Crippen LogP contribution in [-0.2, 0) is 6.54 Å². The van der Waals surface area contributed by atoms with Crippen LogP contribution in [0.3, 0.4) is 0 Å². The number of hydrogen-bond donors (Lipinski definition) is 2. The summed E-state index contributed by atoms with van der Waals surface area (Å²) in [5.41, 5.74) is 7.87. The number of nitrogens with two attached hydrogens (primary N) is 1. The standard InChI is InChI=1S/C12H11N5OS/c13-11-10(8-4-2-1-3-5-8)12(19-17-11)14-6-9-15-7-18-16-9/h1-5,7,14H,6H2,(H2,13,17). The monoisotopic (exact) mass is 273 g/mol. The van der Waals surface area contributed by atoms with Crippen LogP contribution in [0.15, 0.2) is 41.2 Å². The smallest absolute Gasteiger partial charge is 0.213 e. The van der Waals surface area contributed by atoms with E-state index in [0.29, 0.717) is 18.2 Å². The maximum absolute atomic E-state index is 5.93. The highest BCUT2D eigenvalue weighted by Crippen LogP contribution is 2.36. The van der Waals surface area contributed by atoms with Crippen LogP contribution in [0.4, 0.5) is 10.8 Å². The highest BCUT2D eigenvalue weighted by atomic mass is 32.1. The van der Waals surface area contributed by atoms with Crippen molar-refractivity contribution in [2.24, 2.45) is 0 Å². The highest BCUT2D eigenvalue weighted by Gasteiger charge is 2.13. The molecule has 0 saturated carbocycles. The molecule has 0 bridgehead atoms. The topological polar surface area (TPSA) is 89.9 Å². The molecule has 0 spiro atoms. The molecule has 3 N–H and O–H groups in total. The van der Waals surface area contributed by atoms with Gasteiger partial charge in [0, 0.05) is 0 Å². The fourth-order valence-electron chi connectivity index (χ4n) is 1.74. The SMILES string of the molecule is Nc1nsc(NCc2ncon2)c1-c1ccccc1. The third-order valence-corrected chi connectivity index (χ3v) is 3.41. The number of aromatic nitrogens is 3. The zero-order valence-corrected chi connectivity index (χ0v) is 10.7. The van der Waals surface area contributed by atoms with Gasteiger partial charge in [0.2, 0.25) is 6.39 Å². The van der Waals surface area contributed by atoms with Crippen molar-refractivity contribution in [1.82, 2.24) is 14.5 Å². The summed E-state index contributed by atoms with van der Waals surface area (Å²) in [4.78, 5) is 3.95. The third-order valence-electron chi connectivity index (χ3n) is 2.59. The number of benzene rings is 1. The van der Waals surface area contributed by atoms with Crippen LogP contribution in [0.25, 0.3) is 11.1 Å². The number of nitrogens with one attached hydrogen (secondary N) is 1. The molecule has 0 unspecified atom stereocenters. The van der Waals surface area contributed by atoms with E-state index in [0.717, 1.165) is 16.1 Å². The first-order valence-corrected chi connectivity index (χ1v) is 6.41. The van der Waals surface area contributed by atoms with Gasteiger partial charge in [-0.15, -0.1) is 0 Å². The second-order valence-corrected chi connectivity index (χ2v) is 4.61. The molecular weight excluding hydrogens is 262 g/mol. The second-order valence-electron chi connectivity index (χ2n) is 3.84. The fraction of sp³-hybridized carbons (Fsp3) is 0.0833. The van der Waals surface area contributed by atoms with E-state index in [1.165, 1.54) is 17.9 Å². The first-order valence-electron chi connectivity index (χ1n) is 5.64. The molecule has 0 saturated heterocycles. The lowest BCUT2D eigenvalue weighted by Crippen LogP contribution is -2.01. The predicted molar refractivity (Wildman–Crippen MR) is 73.6 cm³/mol. The van der Waals surface area contributed by atoms with Gasteiger partial charge in [0.1, 0.15) is 10.8 Å².